The minimum absolute atomic E-state index is 0.252. The van der Waals surface area contributed by atoms with Crippen LogP contribution >= 0.6 is 0 Å². The maximum Gasteiger partial charge on any atom is 0.490 e. The molecule has 3 N–H and O–H groups in total. The Kier molecular flexibility index (Phi) is 5.52. The van der Waals surface area contributed by atoms with Gasteiger partial charge < -0.3 is 15.3 Å². The van der Waals surface area contributed by atoms with Gasteiger partial charge in [-0.25, -0.2) is 9.78 Å². The fourth-order valence-electron chi connectivity index (χ4n) is 3.43. The Morgan fingerprint density at radius 1 is 1.30 bits per heavy atom. The standard InChI is InChI=1S/C19H15N3O.C2HF3O2/c1-11-9-14-17(16-7-4-8-23-16)15(10-20)19(21)22-18(14)13-6-3-2-5-12(11)13;3-2(4,5)1(6)7/h2-8,11H,9H2,1H3,(H2,21,22);(H,6,7). The van der Waals surface area contributed by atoms with Crippen molar-refractivity contribution in [2.24, 2.45) is 0 Å². The molecule has 0 bridgehead atoms. The number of anilines is 1. The first-order valence-corrected chi connectivity index (χ1v) is 8.80. The molecule has 0 radical (unpaired) electrons. The van der Waals surface area contributed by atoms with Gasteiger partial charge in [0.15, 0.2) is 0 Å². The van der Waals surface area contributed by atoms with Crippen LogP contribution in [0.25, 0.3) is 22.6 Å². The van der Waals surface area contributed by atoms with Gasteiger partial charge in [-0.3, -0.25) is 0 Å². The van der Waals surface area contributed by atoms with Gasteiger partial charge >= 0.3 is 12.1 Å². The monoisotopic (exact) mass is 415 g/mol. The number of aromatic nitrogens is 1. The van der Waals surface area contributed by atoms with E-state index in [2.05, 4.69) is 30.1 Å². The molecule has 4 rings (SSSR count). The van der Waals surface area contributed by atoms with Gasteiger partial charge in [0, 0.05) is 11.1 Å². The zero-order valence-corrected chi connectivity index (χ0v) is 15.7. The number of halogens is 3. The molecule has 1 atom stereocenters. The zero-order chi connectivity index (χ0) is 22.1. The van der Waals surface area contributed by atoms with Crippen molar-refractivity contribution in [1.82, 2.24) is 4.98 Å². The van der Waals surface area contributed by atoms with E-state index in [4.69, 9.17) is 20.1 Å². The molecule has 0 saturated carbocycles. The smallest absolute Gasteiger partial charge is 0.475 e. The molecule has 154 valence electrons. The number of nitriles is 1. The molecule has 0 aliphatic heterocycles. The van der Waals surface area contributed by atoms with Gasteiger partial charge in [-0.2, -0.15) is 18.4 Å². The molecule has 0 fully saturated rings. The van der Waals surface area contributed by atoms with Gasteiger partial charge in [0.1, 0.15) is 23.2 Å². The number of furan rings is 1. The molecular formula is C21H16F3N3O3. The number of carboxylic acid groups (broad SMARTS) is 1. The van der Waals surface area contributed by atoms with Crippen molar-refractivity contribution in [2.45, 2.75) is 25.4 Å². The van der Waals surface area contributed by atoms with Crippen LogP contribution in [0.2, 0.25) is 0 Å². The van der Waals surface area contributed by atoms with Crippen LogP contribution in [0.3, 0.4) is 0 Å². The summed E-state index contributed by atoms with van der Waals surface area (Å²) in [6.45, 7) is 2.19. The first-order valence-electron chi connectivity index (χ1n) is 8.80. The second kappa shape index (κ2) is 7.91. The lowest BCUT2D eigenvalue weighted by Crippen LogP contribution is -2.21. The van der Waals surface area contributed by atoms with Gasteiger partial charge in [-0.05, 0) is 35.6 Å². The summed E-state index contributed by atoms with van der Waals surface area (Å²) < 4.78 is 37.3. The van der Waals surface area contributed by atoms with Crippen LogP contribution in [-0.4, -0.2) is 22.2 Å². The number of aliphatic carboxylic acids is 1. The molecule has 0 amide bonds. The summed E-state index contributed by atoms with van der Waals surface area (Å²) in [5.74, 6) is -1.49. The fraction of sp³-hybridized carbons (Fsp3) is 0.190. The number of nitrogen functional groups attached to an aromatic ring is 1. The summed E-state index contributed by atoms with van der Waals surface area (Å²) >= 11 is 0. The van der Waals surface area contributed by atoms with E-state index in [-0.39, 0.29) is 5.82 Å². The summed E-state index contributed by atoms with van der Waals surface area (Å²) in [6, 6.07) is 14.1. The van der Waals surface area contributed by atoms with Crippen LogP contribution in [0, 0.1) is 11.3 Å². The van der Waals surface area contributed by atoms with E-state index in [0.717, 1.165) is 28.8 Å². The lowest BCUT2D eigenvalue weighted by molar-refractivity contribution is -0.192. The Hall–Kier alpha value is -3.80. The summed E-state index contributed by atoms with van der Waals surface area (Å²) in [4.78, 5) is 13.4. The Morgan fingerprint density at radius 3 is 2.53 bits per heavy atom. The summed E-state index contributed by atoms with van der Waals surface area (Å²) in [7, 11) is 0. The predicted octanol–water partition coefficient (Wildman–Crippen LogP) is 4.76. The number of rotatable bonds is 1. The van der Waals surface area contributed by atoms with Crippen molar-refractivity contribution < 1.29 is 27.5 Å². The predicted molar refractivity (Wildman–Crippen MR) is 102 cm³/mol. The van der Waals surface area contributed by atoms with E-state index >= 15 is 0 Å². The average Bonchev–Trinajstić information content (AvgIpc) is 3.22. The first kappa shape index (κ1) is 20.9. The quantitative estimate of drug-likeness (QED) is 0.593. The minimum Gasteiger partial charge on any atom is -0.475 e. The van der Waals surface area contributed by atoms with E-state index in [1.807, 2.05) is 24.3 Å². The molecule has 1 aliphatic carbocycles. The number of carbonyl (C=O) groups is 1. The Bertz CT molecular complexity index is 1130. The number of pyridine rings is 1. The van der Waals surface area contributed by atoms with Crippen molar-refractivity contribution in [3.05, 3.63) is 59.4 Å². The number of nitrogens with two attached hydrogens (primary N) is 1. The third-order valence-electron chi connectivity index (χ3n) is 4.71. The third kappa shape index (κ3) is 3.85. The molecule has 2 heterocycles. The topological polar surface area (TPSA) is 113 Å². The summed E-state index contributed by atoms with van der Waals surface area (Å²) in [5, 5.41) is 16.7. The van der Waals surface area contributed by atoms with Crippen LogP contribution in [0.15, 0.2) is 47.1 Å². The highest BCUT2D eigenvalue weighted by Gasteiger charge is 2.38. The number of nitrogens with zero attached hydrogens (tertiary/aromatic N) is 2. The van der Waals surface area contributed by atoms with E-state index in [0.29, 0.717) is 17.2 Å². The molecule has 0 spiro atoms. The summed E-state index contributed by atoms with van der Waals surface area (Å²) in [5.41, 5.74) is 11.5. The van der Waals surface area contributed by atoms with Crippen LogP contribution < -0.4 is 5.73 Å². The molecule has 9 heteroatoms. The number of benzene rings is 1. The van der Waals surface area contributed by atoms with Gasteiger partial charge in [0.25, 0.3) is 0 Å². The Balaban J connectivity index is 0.000000318. The average molecular weight is 415 g/mol. The lowest BCUT2D eigenvalue weighted by atomic mass is 9.79. The molecule has 3 aromatic rings. The second-order valence-electron chi connectivity index (χ2n) is 6.66. The van der Waals surface area contributed by atoms with Gasteiger partial charge in [-0.15, -0.1) is 0 Å². The highest BCUT2D eigenvalue weighted by molar-refractivity contribution is 5.85. The summed E-state index contributed by atoms with van der Waals surface area (Å²) in [6.07, 6.45) is -2.66. The Labute approximate surface area is 169 Å². The maximum atomic E-state index is 10.6. The van der Waals surface area contributed by atoms with Crippen molar-refractivity contribution in [1.29, 1.82) is 5.26 Å². The van der Waals surface area contributed by atoms with Gasteiger partial charge in [0.2, 0.25) is 0 Å². The largest absolute Gasteiger partial charge is 0.490 e. The number of fused-ring (bicyclic) bond motifs is 3. The number of hydrogen-bond acceptors (Lipinski definition) is 5. The van der Waals surface area contributed by atoms with Crippen molar-refractivity contribution >= 4 is 11.8 Å². The molecular weight excluding hydrogens is 399 g/mol. The van der Waals surface area contributed by atoms with E-state index in [1.165, 1.54) is 5.56 Å². The van der Waals surface area contributed by atoms with E-state index < -0.39 is 12.1 Å². The van der Waals surface area contributed by atoms with Crippen molar-refractivity contribution in [3.63, 3.8) is 0 Å². The van der Waals surface area contributed by atoms with Crippen LogP contribution in [-0.2, 0) is 11.2 Å². The third-order valence-corrected chi connectivity index (χ3v) is 4.71. The van der Waals surface area contributed by atoms with E-state index in [1.54, 1.807) is 6.26 Å². The van der Waals surface area contributed by atoms with E-state index in [9.17, 15) is 18.4 Å². The van der Waals surface area contributed by atoms with Crippen molar-refractivity contribution in [2.75, 3.05) is 5.73 Å². The lowest BCUT2D eigenvalue weighted by Gasteiger charge is -2.27. The number of carboxylic acids is 1. The highest BCUT2D eigenvalue weighted by Crippen LogP contribution is 2.44. The van der Waals surface area contributed by atoms with Gasteiger partial charge in [-0.1, -0.05) is 31.2 Å². The molecule has 6 nitrogen and oxygen atoms in total. The van der Waals surface area contributed by atoms with Crippen LogP contribution in [0.1, 0.15) is 29.5 Å². The Morgan fingerprint density at radius 2 is 1.97 bits per heavy atom. The maximum absolute atomic E-state index is 10.6. The highest BCUT2D eigenvalue weighted by atomic mass is 19.4. The van der Waals surface area contributed by atoms with Crippen LogP contribution in [0.5, 0.6) is 0 Å². The first-order chi connectivity index (χ1) is 14.1. The minimum atomic E-state index is -5.08. The molecule has 1 aromatic carbocycles. The SMILES string of the molecule is CC1Cc2c(nc(N)c(C#N)c2-c2ccco2)-c2ccccc21.O=C(O)C(F)(F)F. The molecule has 30 heavy (non-hydrogen) atoms. The molecule has 2 aromatic heterocycles. The molecule has 1 aliphatic rings. The fourth-order valence-corrected chi connectivity index (χ4v) is 3.43. The normalized spacial score (nSPS) is 14.6. The van der Waals surface area contributed by atoms with Crippen molar-refractivity contribution in [3.8, 4) is 28.7 Å². The van der Waals surface area contributed by atoms with Crippen LogP contribution in [0.4, 0.5) is 19.0 Å². The zero-order valence-electron chi connectivity index (χ0n) is 15.7. The second-order valence-corrected chi connectivity index (χ2v) is 6.66. The molecule has 0 saturated heterocycles. The number of hydrogen-bond donors (Lipinski definition) is 2. The number of alkyl halides is 3. The van der Waals surface area contributed by atoms with Gasteiger partial charge in [0.05, 0.1) is 12.0 Å². The molecule has 1 unspecified atom stereocenters.